The van der Waals surface area contributed by atoms with E-state index in [1.54, 1.807) is 12.1 Å². The number of aryl methyl sites for hydroxylation is 1. The SMILES string of the molecule is CCCCCCCCCC[N+](C)(C)CCCCCCCCCC.Cc1ccc(S(=O)(=O)O)cc1. The van der Waals surface area contributed by atoms with Gasteiger partial charge in [0.15, 0.2) is 0 Å². The van der Waals surface area contributed by atoms with Gasteiger partial charge in [0, 0.05) is 0 Å². The van der Waals surface area contributed by atoms with E-state index in [0.717, 1.165) is 5.56 Å². The summed E-state index contributed by atoms with van der Waals surface area (Å²) in [5.74, 6) is 0. The van der Waals surface area contributed by atoms with Gasteiger partial charge in [-0.3, -0.25) is 4.55 Å². The van der Waals surface area contributed by atoms with E-state index in [0.29, 0.717) is 0 Å². The van der Waals surface area contributed by atoms with E-state index >= 15 is 0 Å². The Hall–Kier alpha value is -0.910. The summed E-state index contributed by atoms with van der Waals surface area (Å²) in [7, 11) is 0.846. The van der Waals surface area contributed by atoms with Gasteiger partial charge in [0.2, 0.25) is 0 Å². The van der Waals surface area contributed by atoms with Gasteiger partial charge in [0.1, 0.15) is 0 Å². The van der Waals surface area contributed by atoms with Crippen molar-refractivity contribution in [3.63, 3.8) is 0 Å². The fraction of sp³-hybridized carbons (Fsp3) is 0.793. The van der Waals surface area contributed by atoms with Crippen LogP contribution in [0.4, 0.5) is 0 Å². The van der Waals surface area contributed by atoms with Crippen molar-refractivity contribution in [2.75, 3.05) is 27.2 Å². The monoisotopic (exact) mass is 498 g/mol. The number of rotatable bonds is 19. The van der Waals surface area contributed by atoms with Crippen molar-refractivity contribution in [3.05, 3.63) is 29.8 Å². The summed E-state index contributed by atoms with van der Waals surface area (Å²) in [6.07, 6.45) is 23.0. The van der Waals surface area contributed by atoms with Crippen molar-refractivity contribution in [1.82, 2.24) is 0 Å². The van der Waals surface area contributed by atoms with Gasteiger partial charge >= 0.3 is 0 Å². The molecule has 0 saturated heterocycles. The highest BCUT2D eigenvalue weighted by molar-refractivity contribution is 7.85. The molecule has 0 unspecified atom stereocenters. The lowest BCUT2D eigenvalue weighted by atomic mass is 10.1. The number of hydrogen-bond donors (Lipinski definition) is 1. The van der Waals surface area contributed by atoms with Crippen LogP contribution in [0.1, 0.15) is 122 Å². The standard InChI is InChI=1S/C22H48N.C7H8O3S/c1-5-7-9-11-13-15-17-19-21-23(3,4)22-20-18-16-14-12-10-8-6-2;1-6-2-4-7(5-3-6)11(8,9)10/h5-22H2,1-4H3;2-5H,1H3,(H,8,9,10)/q+1;. The van der Waals surface area contributed by atoms with E-state index in [1.807, 2.05) is 6.92 Å². The first-order valence-corrected chi connectivity index (χ1v) is 15.4. The molecule has 1 rings (SSSR count). The van der Waals surface area contributed by atoms with Crippen LogP contribution in [0.25, 0.3) is 0 Å². The van der Waals surface area contributed by atoms with Gasteiger partial charge in [0.25, 0.3) is 10.1 Å². The Kier molecular flexibility index (Phi) is 19.8. The van der Waals surface area contributed by atoms with Crippen molar-refractivity contribution in [3.8, 4) is 0 Å². The van der Waals surface area contributed by atoms with Crippen molar-refractivity contribution < 1.29 is 17.5 Å². The molecule has 1 aromatic carbocycles. The first-order chi connectivity index (χ1) is 16.1. The second-order valence-electron chi connectivity index (χ2n) is 10.6. The third-order valence-electron chi connectivity index (χ3n) is 6.55. The van der Waals surface area contributed by atoms with E-state index in [1.165, 1.54) is 132 Å². The van der Waals surface area contributed by atoms with Crippen molar-refractivity contribution >= 4 is 10.1 Å². The van der Waals surface area contributed by atoms with Crippen LogP contribution in [0.3, 0.4) is 0 Å². The second-order valence-corrected chi connectivity index (χ2v) is 12.0. The summed E-state index contributed by atoms with van der Waals surface area (Å²) >= 11 is 0. The molecule has 34 heavy (non-hydrogen) atoms. The van der Waals surface area contributed by atoms with Crippen molar-refractivity contribution in [1.29, 1.82) is 0 Å². The summed E-state index contributed by atoms with van der Waals surface area (Å²) in [5.41, 5.74) is 0.956. The molecule has 0 fully saturated rings. The average Bonchev–Trinajstić information content (AvgIpc) is 2.77. The minimum Gasteiger partial charge on any atom is -0.328 e. The predicted molar refractivity (Wildman–Crippen MR) is 148 cm³/mol. The van der Waals surface area contributed by atoms with E-state index in [-0.39, 0.29) is 4.90 Å². The van der Waals surface area contributed by atoms with Crippen molar-refractivity contribution in [2.24, 2.45) is 0 Å². The molecule has 0 radical (unpaired) electrons. The van der Waals surface area contributed by atoms with Crippen molar-refractivity contribution in [2.45, 2.75) is 128 Å². The normalized spacial score (nSPS) is 11.8. The largest absolute Gasteiger partial charge is 0.328 e. The van der Waals surface area contributed by atoms with Crippen LogP contribution in [0, 0.1) is 6.92 Å². The van der Waals surface area contributed by atoms with Crippen LogP contribution in [0.5, 0.6) is 0 Å². The second kappa shape index (κ2) is 20.3. The molecule has 0 aromatic heterocycles. The lowest BCUT2D eigenvalue weighted by Crippen LogP contribution is -2.41. The van der Waals surface area contributed by atoms with E-state index < -0.39 is 10.1 Å². The average molecular weight is 499 g/mol. The molecule has 0 saturated carbocycles. The molecule has 5 heteroatoms. The number of unbranched alkanes of at least 4 members (excludes halogenated alkanes) is 14. The van der Waals surface area contributed by atoms with Gasteiger partial charge in [-0.05, 0) is 44.7 Å². The zero-order chi connectivity index (χ0) is 25.7. The summed E-state index contributed by atoms with van der Waals surface area (Å²) in [4.78, 5) is -0.0666. The number of quaternary nitrogens is 1. The van der Waals surface area contributed by atoms with Crippen LogP contribution in [0.15, 0.2) is 29.2 Å². The maximum Gasteiger partial charge on any atom is 0.294 e. The first kappa shape index (κ1) is 33.1. The summed E-state index contributed by atoms with van der Waals surface area (Å²) in [6, 6.07) is 5.99. The molecule has 1 N–H and O–H groups in total. The third-order valence-corrected chi connectivity index (χ3v) is 7.42. The lowest BCUT2D eigenvalue weighted by molar-refractivity contribution is -0.890. The fourth-order valence-electron chi connectivity index (χ4n) is 4.17. The Bertz CT molecular complexity index is 662. The topological polar surface area (TPSA) is 54.4 Å². The minimum absolute atomic E-state index is 0.0666. The van der Waals surface area contributed by atoms with Crippen LogP contribution in [-0.2, 0) is 10.1 Å². The third kappa shape index (κ3) is 20.5. The fourth-order valence-corrected chi connectivity index (χ4v) is 4.65. The Labute approximate surface area is 212 Å². The summed E-state index contributed by atoms with van der Waals surface area (Å²) < 4.78 is 30.8. The van der Waals surface area contributed by atoms with Crippen LogP contribution >= 0.6 is 0 Å². The smallest absolute Gasteiger partial charge is 0.294 e. The maximum absolute atomic E-state index is 10.5. The Morgan fingerprint density at radius 2 is 0.941 bits per heavy atom. The molecule has 0 aliphatic rings. The van der Waals surface area contributed by atoms with Gasteiger partial charge in [-0.25, -0.2) is 0 Å². The first-order valence-electron chi connectivity index (χ1n) is 14.0. The Morgan fingerprint density at radius 1 is 0.618 bits per heavy atom. The van der Waals surface area contributed by atoms with Crippen LogP contribution in [0.2, 0.25) is 0 Å². The molecule has 0 heterocycles. The zero-order valence-corrected chi connectivity index (χ0v) is 24.0. The Morgan fingerprint density at radius 3 is 1.26 bits per heavy atom. The van der Waals surface area contributed by atoms with Crippen LogP contribution in [-0.4, -0.2) is 44.6 Å². The quantitative estimate of drug-likeness (QED) is 0.118. The van der Waals surface area contributed by atoms with E-state index in [4.69, 9.17) is 4.55 Å². The van der Waals surface area contributed by atoms with Gasteiger partial charge in [0.05, 0.1) is 32.1 Å². The molecule has 0 aliphatic heterocycles. The maximum atomic E-state index is 10.5. The number of nitrogens with zero attached hydrogens (tertiary/aromatic N) is 1. The summed E-state index contributed by atoms with van der Waals surface area (Å²) in [5, 5.41) is 0. The van der Waals surface area contributed by atoms with E-state index in [9.17, 15) is 8.42 Å². The highest BCUT2D eigenvalue weighted by Gasteiger charge is 2.13. The van der Waals surface area contributed by atoms with E-state index in [2.05, 4.69) is 27.9 Å². The molecule has 1 aromatic rings. The lowest BCUT2D eigenvalue weighted by Gasteiger charge is -2.30. The molecule has 0 amide bonds. The highest BCUT2D eigenvalue weighted by atomic mass is 32.2. The molecular formula is C29H56NO3S+. The van der Waals surface area contributed by atoms with Gasteiger partial charge in [-0.1, -0.05) is 109 Å². The van der Waals surface area contributed by atoms with Gasteiger partial charge < -0.3 is 4.48 Å². The zero-order valence-electron chi connectivity index (χ0n) is 23.2. The van der Waals surface area contributed by atoms with Gasteiger partial charge in [-0.15, -0.1) is 0 Å². The molecule has 0 atom stereocenters. The number of benzene rings is 1. The molecule has 0 bridgehead atoms. The molecule has 4 nitrogen and oxygen atoms in total. The Balaban J connectivity index is 0.000000818. The number of hydrogen-bond acceptors (Lipinski definition) is 2. The highest BCUT2D eigenvalue weighted by Crippen LogP contribution is 2.13. The summed E-state index contributed by atoms with van der Waals surface area (Å²) in [6.45, 7) is 9.20. The predicted octanol–water partition coefficient (Wildman–Crippen LogP) is 8.59. The van der Waals surface area contributed by atoms with Crippen LogP contribution < -0.4 is 0 Å². The minimum atomic E-state index is -4.02. The molecule has 200 valence electrons. The molecular weight excluding hydrogens is 442 g/mol. The molecule has 0 aliphatic carbocycles. The molecule has 0 spiro atoms. The van der Waals surface area contributed by atoms with Gasteiger partial charge in [-0.2, -0.15) is 8.42 Å².